The summed E-state index contributed by atoms with van der Waals surface area (Å²) in [6, 6.07) is 12.4. The molecule has 4 nitrogen and oxygen atoms in total. The topological polar surface area (TPSA) is 39.7 Å². The van der Waals surface area contributed by atoms with E-state index in [0.29, 0.717) is 0 Å². The third-order valence-corrected chi connectivity index (χ3v) is 4.67. The lowest BCUT2D eigenvalue weighted by Crippen LogP contribution is -2.45. The minimum Gasteiger partial charge on any atom is -0.497 e. The largest absolute Gasteiger partial charge is 0.497 e. The van der Waals surface area contributed by atoms with Crippen LogP contribution in [0.15, 0.2) is 36.4 Å². The van der Waals surface area contributed by atoms with Crippen LogP contribution in [0.4, 0.5) is 0 Å². The summed E-state index contributed by atoms with van der Waals surface area (Å²) in [7, 11) is 5.04. The van der Waals surface area contributed by atoms with E-state index in [0.717, 1.165) is 30.2 Å². The Bertz CT molecular complexity index is 714. The molecule has 1 aliphatic heterocycles. The van der Waals surface area contributed by atoms with E-state index in [-0.39, 0.29) is 5.54 Å². The van der Waals surface area contributed by atoms with Gasteiger partial charge in [0.05, 0.1) is 26.9 Å². The molecule has 23 heavy (non-hydrogen) atoms. The van der Waals surface area contributed by atoms with Crippen LogP contribution < -0.4 is 19.5 Å². The van der Waals surface area contributed by atoms with E-state index >= 15 is 0 Å². The van der Waals surface area contributed by atoms with Gasteiger partial charge in [-0.15, -0.1) is 0 Å². The number of hydrogen-bond acceptors (Lipinski definition) is 4. The van der Waals surface area contributed by atoms with Crippen molar-refractivity contribution in [3.8, 4) is 17.2 Å². The first-order valence-corrected chi connectivity index (χ1v) is 7.77. The number of hydrogen-bond donors (Lipinski definition) is 1. The second-order valence-corrected chi connectivity index (χ2v) is 5.90. The fourth-order valence-corrected chi connectivity index (χ4v) is 3.33. The summed E-state index contributed by atoms with van der Waals surface area (Å²) in [6.07, 6.45) is 0.968. The summed E-state index contributed by atoms with van der Waals surface area (Å²) in [5.74, 6) is 2.39. The predicted octanol–water partition coefficient (Wildman–Crippen LogP) is 3.12. The molecule has 122 valence electrons. The van der Waals surface area contributed by atoms with Gasteiger partial charge in [0.1, 0.15) is 5.75 Å². The summed E-state index contributed by atoms with van der Waals surface area (Å²) in [4.78, 5) is 0. The molecule has 0 aliphatic carbocycles. The molecule has 0 amide bonds. The van der Waals surface area contributed by atoms with Crippen LogP contribution in [0.25, 0.3) is 0 Å². The van der Waals surface area contributed by atoms with Crippen LogP contribution in [-0.2, 0) is 12.0 Å². The highest BCUT2D eigenvalue weighted by Gasteiger charge is 2.34. The Labute approximate surface area is 137 Å². The van der Waals surface area contributed by atoms with Crippen molar-refractivity contribution in [2.45, 2.75) is 18.9 Å². The lowest BCUT2D eigenvalue weighted by Gasteiger charge is -2.38. The fourth-order valence-electron chi connectivity index (χ4n) is 3.33. The number of rotatable bonds is 4. The quantitative estimate of drug-likeness (QED) is 0.941. The summed E-state index contributed by atoms with van der Waals surface area (Å²) < 4.78 is 16.3. The third kappa shape index (κ3) is 2.63. The van der Waals surface area contributed by atoms with Gasteiger partial charge in [-0.25, -0.2) is 0 Å². The zero-order valence-electron chi connectivity index (χ0n) is 14.1. The molecule has 2 aromatic rings. The van der Waals surface area contributed by atoms with Crippen LogP contribution in [0.2, 0.25) is 0 Å². The Morgan fingerprint density at radius 2 is 1.70 bits per heavy atom. The summed E-state index contributed by atoms with van der Waals surface area (Å²) in [5, 5.41) is 3.66. The maximum Gasteiger partial charge on any atom is 0.161 e. The van der Waals surface area contributed by atoms with E-state index in [1.165, 1.54) is 16.7 Å². The summed E-state index contributed by atoms with van der Waals surface area (Å²) in [6.45, 7) is 3.11. The zero-order valence-corrected chi connectivity index (χ0v) is 14.1. The van der Waals surface area contributed by atoms with Crippen molar-refractivity contribution in [3.05, 3.63) is 53.1 Å². The van der Waals surface area contributed by atoms with E-state index in [2.05, 4.69) is 36.5 Å². The van der Waals surface area contributed by atoms with Crippen LogP contribution in [0.5, 0.6) is 17.2 Å². The maximum atomic E-state index is 5.50. The Morgan fingerprint density at radius 1 is 0.957 bits per heavy atom. The van der Waals surface area contributed by atoms with Crippen LogP contribution in [0, 0.1) is 0 Å². The van der Waals surface area contributed by atoms with Crippen molar-refractivity contribution in [3.63, 3.8) is 0 Å². The molecule has 0 saturated carbocycles. The normalized spacial score (nSPS) is 19.8. The van der Waals surface area contributed by atoms with Gasteiger partial charge in [-0.2, -0.15) is 0 Å². The van der Waals surface area contributed by atoms with Gasteiger partial charge in [0.2, 0.25) is 0 Å². The average molecular weight is 313 g/mol. The van der Waals surface area contributed by atoms with Crippen molar-refractivity contribution >= 4 is 0 Å². The maximum absolute atomic E-state index is 5.50. The summed E-state index contributed by atoms with van der Waals surface area (Å²) >= 11 is 0. The molecule has 3 rings (SSSR count). The van der Waals surface area contributed by atoms with Crippen molar-refractivity contribution in [1.29, 1.82) is 0 Å². The lowest BCUT2D eigenvalue weighted by molar-refractivity contribution is 0.348. The minimum absolute atomic E-state index is 0.290. The van der Waals surface area contributed by atoms with Crippen molar-refractivity contribution in [1.82, 2.24) is 5.32 Å². The first-order chi connectivity index (χ1) is 11.1. The number of methoxy groups -OCH3 is 3. The van der Waals surface area contributed by atoms with E-state index in [1.54, 1.807) is 21.3 Å². The molecule has 0 spiro atoms. The molecular formula is C19H23NO3. The molecular weight excluding hydrogens is 290 g/mol. The Hall–Kier alpha value is -2.20. The summed E-state index contributed by atoms with van der Waals surface area (Å²) in [5.41, 5.74) is 3.38. The molecule has 1 heterocycles. The lowest BCUT2D eigenvalue weighted by atomic mass is 9.78. The molecule has 1 unspecified atom stereocenters. The van der Waals surface area contributed by atoms with Crippen LogP contribution >= 0.6 is 0 Å². The van der Waals surface area contributed by atoms with Gasteiger partial charge < -0.3 is 19.5 Å². The van der Waals surface area contributed by atoms with Gasteiger partial charge in [-0.1, -0.05) is 12.1 Å². The van der Waals surface area contributed by atoms with Gasteiger partial charge in [-0.3, -0.25) is 0 Å². The second-order valence-electron chi connectivity index (χ2n) is 5.90. The van der Waals surface area contributed by atoms with Gasteiger partial charge in [0.25, 0.3) is 0 Å². The molecule has 4 heteroatoms. The highest BCUT2D eigenvalue weighted by Crippen LogP contribution is 2.41. The molecule has 1 aliphatic rings. The highest BCUT2D eigenvalue weighted by molar-refractivity contribution is 5.54. The molecule has 0 saturated heterocycles. The van der Waals surface area contributed by atoms with Crippen LogP contribution in [-0.4, -0.2) is 27.9 Å². The van der Waals surface area contributed by atoms with Crippen molar-refractivity contribution < 1.29 is 14.2 Å². The first-order valence-electron chi connectivity index (χ1n) is 7.77. The number of benzene rings is 2. The zero-order chi connectivity index (χ0) is 16.4. The standard InChI is InChI=1S/C19H23NO3/c1-19(14-6-5-7-15(11-14)21-2)16-12-18(23-4)17(22-3)10-13(16)8-9-20-19/h5-7,10-12,20H,8-9H2,1-4H3. The number of fused-ring (bicyclic) bond motifs is 1. The molecule has 0 fully saturated rings. The van der Waals surface area contributed by atoms with Gasteiger partial charge in [-0.05, 0) is 54.3 Å². The van der Waals surface area contributed by atoms with Crippen molar-refractivity contribution in [2.24, 2.45) is 0 Å². The monoisotopic (exact) mass is 313 g/mol. The first kappa shape index (κ1) is 15.7. The smallest absolute Gasteiger partial charge is 0.161 e. The molecule has 1 atom stereocenters. The minimum atomic E-state index is -0.290. The van der Waals surface area contributed by atoms with E-state index in [9.17, 15) is 0 Å². The van der Waals surface area contributed by atoms with Gasteiger partial charge in [0, 0.05) is 6.54 Å². The number of ether oxygens (including phenoxy) is 3. The van der Waals surface area contributed by atoms with Crippen molar-refractivity contribution in [2.75, 3.05) is 27.9 Å². The van der Waals surface area contributed by atoms with Gasteiger partial charge >= 0.3 is 0 Å². The van der Waals surface area contributed by atoms with Crippen LogP contribution in [0.3, 0.4) is 0 Å². The molecule has 0 radical (unpaired) electrons. The third-order valence-electron chi connectivity index (χ3n) is 4.67. The predicted molar refractivity (Wildman–Crippen MR) is 90.7 cm³/mol. The molecule has 2 aromatic carbocycles. The Balaban J connectivity index is 2.16. The van der Waals surface area contributed by atoms with E-state index in [4.69, 9.17) is 14.2 Å². The Kier molecular flexibility index (Phi) is 4.18. The molecule has 0 bridgehead atoms. The Morgan fingerprint density at radius 3 is 2.39 bits per heavy atom. The highest BCUT2D eigenvalue weighted by atomic mass is 16.5. The molecule has 1 N–H and O–H groups in total. The molecule has 0 aromatic heterocycles. The van der Waals surface area contributed by atoms with E-state index < -0.39 is 0 Å². The fraction of sp³-hybridized carbons (Fsp3) is 0.368. The number of nitrogens with one attached hydrogen (secondary N) is 1. The van der Waals surface area contributed by atoms with E-state index in [1.807, 2.05) is 12.1 Å². The van der Waals surface area contributed by atoms with Gasteiger partial charge in [0.15, 0.2) is 11.5 Å². The van der Waals surface area contributed by atoms with Crippen LogP contribution in [0.1, 0.15) is 23.6 Å². The average Bonchev–Trinajstić information content (AvgIpc) is 2.61. The second kappa shape index (κ2) is 6.13. The SMILES string of the molecule is COc1cccc(C2(C)NCCc3cc(OC)c(OC)cc32)c1.